The first kappa shape index (κ1) is 24.0. The zero-order valence-electron chi connectivity index (χ0n) is 20.1. The molecule has 2 aliphatic heterocycles. The average Bonchev–Trinajstić information content (AvgIpc) is 2.89. The molecule has 0 bridgehead atoms. The molecule has 1 aromatic carbocycles. The number of halogens is 1. The molecule has 0 spiro atoms. The predicted octanol–water partition coefficient (Wildman–Crippen LogP) is 4.03. The lowest BCUT2D eigenvalue weighted by molar-refractivity contribution is -0.117. The Kier molecular flexibility index (Phi) is 6.75. The fraction of sp³-hybridized carbons (Fsp3) is 0.308. The summed E-state index contributed by atoms with van der Waals surface area (Å²) >= 11 is 6.59. The van der Waals surface area contributed by atoms with E-state index in [9.17, 15) is 4.79 Å². The minimum Gasteiger partial charge on any atom is -0.497 e. The Morgan fingerprint density at radius 1 is 1.28 bits per heavy atom. The summed E-state index contributed by atoms with van der Waals surface area (Å²) in [6.07, 6.45) is 5.61. The van der Waals surface area contributed by atoms with Gasteiger partial charge in [0.25, 0.3) is 0 Å². The summed E-state index contributed by atoms with van der Waals surface area (Å²) in [6, 6.07) is 7.31. The number of methoxy groups -OCH3 is 1. The van der Waals surface area contributed by atoms with Crippen molar-refractivity contribution >= 4 is 35.0 Å². The number of fused-ring (bicyclic) bond motifs is 3. The van der Waals surface area contributed by atoms with Gasteiger partial charge in [-0.15, -0.1) is 0 Å². The second-order valence-electron chi connectivity index (χ2n) is 8.79. The molecule has 0 aliphatic carbocycles. The van der Waals surface area contributed by atoms with Gasteiger partial charge in [-0.3, -0.25) is 4.79 Å². The van der Waals surface area contributed by atoms with E-state index in [-0.39, 0.29) is 18.0 Å². The number of carbonyl (C=O) groups is 1. The summed E-state index contributed by atoms with van der Waals surface area (Å²) in [5.74, 6) is 1.71. The lowest BCUT2D eigenvalue weighted by atomic mass is 10.0. The Hall–Kier alpha value is -3.69. The van der Waals surface area contributed by atoms with Crippen LogP contribution in [0, 0.1) is 6.92 Å². The molecule has 186 valence electrons. The van der Waals surface area contributed by atoms with Gasteiger partial charge in [-0.1, -0.05) is 18.2 Å². The van der Waals surface area contributed by atoms with Gasteiger partial charge >= 0.3 is 0 Å². The van der Waals surface area contributed by atoms with Crippen molar-refractivity contribution in [1.82, 2.24) is 20.3 Å². The fourth-order valence-corrected chi connectivity index (χ4v) is 4.73. The number of ether oxygens (including phenoxy) is 2. The van der Waals surface area contributed by atoms with Gasteiger partial charge in [0, 0.05) is 36.2 Å². The first-order valence-electron chi connectivity index (χ1n) is 11.7. The van der Waals surface area contributed by atoms with Crippen molar-refractivity contribution in [3.05, 3.63) is 65.5 Å². The number of anilines is 3. The smallest absolute Gasteiger partial charge is 0.243 e. The van der Waals surface area contributed by atoms with E-state index in [2.05, 4.69) is 28.3 Å². The van der Waals surface area contributed by atoms with Crippen LogP contribution >= 0.6 is 11.6 Å². The molecule has 4 heterocycles. The standard InChI is InChI=1S/C26H27ClN6O3/c1-4-23(34)30-20-7-8-36-14-21(20)31-26-29-12-16-13-33(22-10-17(35-3)5-6-19(22)27)25-18(24(16)32-26)9-15(2)11-28-25/h4-6,9-12,20-21H,1,7-8,13-14H2,2-3H3,(H,30,34)(H,29,31,32). The molecule has 1 saturated heterocycles. The van der Waals surface area contributed by atoms with Crippen molar-refractivity contribution in [1.29, 1.82) is 0 Å². The van der Waals surface area contributed by atoms with E-state index >= 15 is 0 Å². The number of hydrogen-bond donors (Lipinski definition) is 2. The second kappa shape index (κ2) is 10.1. The van der Waals surface area contributed by atoms with Crippen LogP contribution in [-0.2, 0) is 16.1 Å². The van der Waals surface area contributed by atoms with Crippen LogP contribution in [-0.4, -0.2) is 53.3 Å². The molecule has 1 fully saturated rings. The highest BCUT2D eigenvalue weighted by Crippen LogP contribution is 2.44. The Labute approximate surface area is 214 Å². The maximum atomic E-state index is 11.9. The summed E-state index contributed by atoms with van der Waals surface area (Å²) < 4.78 is 11.1. The number of aromatic nitrogens is 3. The quantitative estimate of drug-likeness (QED) is 0.483. The van der Waals surface area contributed by atoms with E-state index in [4.69, 9.17) is 31.0 Å². The monoisotopic (exact) mass is 506 g/mol. The number of hydrogen-bond acceptors (Lipinski definition) is 8. The molecule has 10 heteroatoms. The summed E-state index contributed by atoms with van der Waals surface area (Å²) in [7, 11) is 1.63. The molecular formula is C26H27ClN6O3. The van der Waals surface area contributed by atoms with Crippen LogP contribution < -0.4 is 20.3 Å². The van der Waals surface area contributed by atoms with Gasteiger partial charge in [0.15, 0.2) is 0 Å². The van der Waals surface area contributed by atoms with Gasteiger partial charge in [-0.25, -0.2) is 15.0 Å². The Bertz CT molecular complexity index is 1320. The highest BCUT2D eigenvalue weighted by molar-refractivity contribution is 6.33. The van der Waals surface area contributed by atoms with Crippen LogP contribution in [0.5, 0.6) is 5.75 Å². The molecule has 2 N–H and O–H groups in total. The molecule has 36 heavy (non-hydrogen) atoms. The third-order valence-corrected chi connectivity index (χ3v) is 6.65. The number of benzene rings is 1. The molecule has 1 amide bonds. The number of aryl methyl sites for hydroxylation is 1. The number of rotatable bonds is 6. The minimum atomic E-state index is -0.216. The van der Waals surface area contributed by atoms with Crippen molar-refractivity contribution in [2.75, 3.05) is 30.5 Å². The maximum Gasteiger partial charge on any atom is 0.243 e. The van der Waals surface area contributed by atoms with Crippen molar-refractivity contribution in [3.8, 4) is 17.0 Å². The van der Waals surface area contributed by atoms with E-state index in [1.807, 2.05) is 42.4 Å². The lowest BCUT2D eigenvalue weighted by Gasteiger charge is -2.34. The SMILES string of the molecule is C=CC(=O)NC1CCOCC1Nc1ncc2c(n1)-c1cc(C)cnc1N(c1cc(OC)ccc1Cl)C2. The van der Waals surface area contributed by atoms with Crippen molar-refractivity contribution in [2.45, 2.75) is 32.0 Å². The van der Waals surface area contributed by atoms with Crippen LogP contribution in [0.4, 0.5) is 17.5 Å². The summed E-state index contributed by atoms with van der Waals surface area (Å²) in [5.41, 5.74) is 4.44. The predicted molar refractivity (Wildman–Crippen MR) is 139 cm³/mol. The molecule has 2 aliphatic rings. The van der Waals surface area contributed by atoms with Crippen molar-refractivity contribution in [2.24, 2.45) is 0 Å². The van der Waals surface area contributed by atoms with Crippen LogP contribution in [0.1, 0.15) is 17.5 Å². The molecule has 2 atom stereocenters. The van der Waals surface area contributed by atoms with E-state index in [1.54, 1.807) is 7.11 Å². The lowest BCUT2D eigenvalue weighted by Crippen LogP contribution is -2.52. The van der Waals surface area contributed by atoms with Crippen LogP contribution in [0.3, 0.4) is 0 Å². The molecule has 2 unspecified atom stereocenters. The molecule has 5 rings (SSSR count). The van der Waals surface area contributed by atoms with E-state index in [1.165, 1.54) is 6.08 Å². The number of pyridine rings is 1. The largest absolute Gasteiger partial charge is 0.497 e. The average molecular weight is 507 g/mol. The van der Waals surface area contributed by atoms with Gasteiger partial charge in [0.05, 0.1) is 48.7 Å². The fourth-order valence-electron chi connectivity index (χ4n) is 4.51. The van der Waals surface area contributed by atoms with E-state index in [0.717, 1.165) is 33.9 Å². The summed E-state index contributed by atoms with van der Waals surface area (Å²) in [4.78, 5) is 28.1. The zero-order chi connectivity index (χ0) is 25.2. The Morgan fingerprint density at radius 2 is 2.14 bits per heavy atom. The molecule has 9 nitrogen and oxygen atoms in total. The summed E-state index contributed by atoms with van der Waals surface area (Å²) in [6.45, 7) is 7.04. The Balaban J connectivity index is 1.49. The summed E-state index contributed by atoms with van der Waals surface area (Å²) in [5, 5.41) is 6.92. The van der Waals surface area contributed by atoms with Crippen molar-refractivity contribution < 1.29 is 14.3 Å². The molecule has 3 aromatic rings. The highest BCUT2D eigenvalue weighted by Gasteiger charge is 2.30. The molecular weight excluding hydrogens is 480 g/mol. The number of amides is 1. The minimum absolute atomic E-state index is 0.120. The normalized spacial score (nSPS) is 18.6. The van der Waals surface area contributed by atoms with Crippen molar-refractivity contribution in [3.63, 3.8) is 0 Å². The number of nitrogens with zero attached hydrogens (tertiary/aromatic N) is 4. The van der Waals surface area contributed by atoms with Crippen LogP contribution in [0.2, 0.25) is 5.02 Å². The first-order valence-corrected chi connectivity index (χ1v) is 12.1. The van der Waals surface area contributed by atoms with E-state index < -0.39 is 0 Å². The van der Waals surface area contributed by atoms with Gasteiger partial charge in [-0.2, -0.15) is 0 Å². The van der Waals surface area contributed by atoms with Gasteiger partial charge in [0.1, 0.15) is 11.6 Å². The third-order valence-electron chi connectivity index (χ3n) is 6.34. The molecule has 0 saturated carbocycles. The van der Waals surface area contributed by atoms with Crippen LogP contribution in [0.15, 0.2) is 49.3 Å². The molecule has 0 radical (unpaired) electrons. The molecule has 2 aromatic heterocycles. The zero-order valence-corrected chi connectivity index (χ0v) is 20.9. The highest BCUT2D eigenvalue weighted by atomic mass is 35.5. The van der Waals surface area contributed by atoms with Gasteiger partial charge in [-0.05, 0) is 43.2 Å². The maximum absolute atomic E-state index is 11.9. The van der Waals surface area contributed by atoms with Gasteiger partial charge < -0.3 is 25.0 Å². The third kappa shape index (κ3) is 4.72. The topological polar surface area (TPSA) is 102 Å². The number of nitrogens with one attached hydrogen (secondary N) is 2. The second-order valence-corrected chi connectivity index (χ2v) is 9.20. The van der Waals surface area contributed by atoms with Gasteiger partial charge in [0.2, 0.25) is 11.9 Å². The van der Waals surface area contributed by atoms with E-state index in [0.29, 0.717) is 42.9 Å². The Morgan fingerprint density at radius 3 is 2.94 bits per heavy atom. The first-order chi connectivity index (χ1) is 17.5. The van der Waals surface area contributed by atoms with Crippen LogP contribution in [0.25, 0.3) is 11.3 Å². The number of carbonyl (C=O) groups excluding carboxylic acids is 1.